The van der Waals surface area contributed by atoms with E-state index in [9.17, 15) is 4.79 Å². The second-order valence-electron chi connectivity index (χ2n) is 4.25. The third kappa shape index (κ3) is 3.22. The van der Waals surface area contributed by atoms with Gasteiger partial charge in [0.1, 0.15) is 0 Å². The number of aromatic amines is 1. The lowest BCUT2D eigenvalue weighted by Gasteiger charge is -2.15. The Balaban J connectivity index is 2.65. The number of rotatable bonds is 6. The molecule has 0 spiro atoms. The molecule has 3 N–H and O–H groups in total. The minimum atomic E-state index is -0.102. The molecule has 0 saturated carbocycles. The molecule has 0 atom stereocenters. The smallest absolute Gasteiger partial charge is 0.276 e. The number of aryl methyl sites for hydroxylation is 1. The second-order valence-corrected chi connectivity index (χ2v) is 4.25. The molecule has 0 bridgehead atoms. The van der Waals surface area contributed by atoms with Crippen molar-refractivity contribution < 1.29 is 4.79 Å². The number of nitrogen functional groups attached to an aromatic ring is 1. The molecule has 0 aromatic carbocycles. The Labute approximate surface area is 102 Å². The van der Waals surface area contributed by atoms with Gasteiger partial charge in [0.25, 0.3) is 5.91 Å². The highest BCUT2D eigenvalue weighted by atomic mass is 16.2. The molecule has 1 aromatic rings. The minimum absolute atomic E-state index is 0.102. The predicted molar refractivity (Wildman–Crippen MR) is 68.9 cm³/mol. The van der Waals surface area contributed by atoms with Crippen LogP contribution in [0.15, 0.2) is 0 Å². The van der Waals surface area contributed by atoms with Crippen LogP contribution in [0.5, 0.6) is 0 Å². The van der Waals surface area contributed by atoms with Crippen LogP contribution in [0.2, 0.25) is 0 Å². The van der Waals surface area contributed by atoms with Crippen molar-refractivity contribution >= 4 is 11.6 Å². The van der Waals surface area contributed by atoms with E-state index in [1.54, 1.807) is 11.9 Å². The lowest BCUT2D eigenvalue weighted by Crippen LogP contribution is -2.28. The molecule has 1 aromatic heterocycles. The molecule has 0 aliphatic rings. The molecule has 0 saturated heterocycles. The van der Waals surface area contributed by atoms with Gasteiger partial charge in [0.2, 0.25) is 0 Å². The molecule has 17 heavy (non-hydrogen) atoms. The highest BCUT2D eigenvalue weighted by Crippen LogP contribution is 2.16. The summed E-state index contributed by atoms with van der Waals surface area (Å²) in [6.07, 6.45) is 4.05. The summed E-state index contributed by atoms with van der Waals surface area (Å²) in [5.41, 5.74) is 7.53. The van der Waals surface area contributed by atoms with Crippen molar-refractivity contribution in [1.82, 2.24) is 15.1 Å². The first-order chi connectivity index (χ1) is 8.11. The zero-order valence-electron chi connectivity index (χ0n) is 10.9. The van der Waals surface area contributed by atoms with Gasteiger partial charge in [0, 0.05) is 13.6 Å². The van der Waals surface area contributed by atoms with E-state index in [4.69, 9.17) is 5.73 Å². The maximum Gasteiger partial charge on any atom is 0.276 e. The van der Waals surface area contributed by atoms with Crippen LogP contribution in [0, 0.1) is 0 Å². The van der Waals surface area contributed by atoms with Crippen molar-refractivity contribution in [3.63, 3.8) is 0 Å². The molecular weight excluding hydrogens is 216 g/mol. The first-order valence-corrected chi connectivity index (χ1v) is 6.19. The number of carbonyl (C=O) groups is 1. The van der Waals surface area contributed by atoms with Crippen LogP contribution in [-0.2, 0) is 6.42 Å². The Bertz CT molecular complexity index is 373. The lowest BCUT2D eigenvalue weighted by atomic mass is 10.2. The predicted octanol–water partition coefficient (Wildman–Crippen LogP) is 1.82. The van der Waals surface area contributed by atoms with Crippen molar-refractivity contribution in [2.24, 2.45) is 0 Å². The third-order valence-electron chi connectivity index (χ3n) is 2.88. The number of anilines is 1. The average molecular weight is 238 g/mol. The van der Waals surface area contributed by atoms with Crippen LogP contribution in [0.1, 0.15) is 49.3 Å². The van der Waals surface area contributed by atoms with Gasteiger partial charge in [-0.1, -0.05) is 26.7 Å². The summed E-state index contributed by atoms with van der Waals surface area (Å²) in [5.74, 6) is -0.102. The lowest BCUT2D eigenvalue weighted by molar-refractivity contribution is 0.0788. The normalized spacial score (nSPS) is 10.5. The molecule has 96 valence electrons. The number of nitrogens with one attached hydrogen (secondary N) is 1. The molecule has 1 amide bonds. The number of amides is 1. The van der Waals surface area contributed by atoms with Gasteiger partial charge >= 0.3 is 0 Å². The third-order valence-corrected chi connectivity index (χ3v) is 2.88. The SMILES string of the molecule is CCCCCN(C)C(=O)c1n[nH]c(CC)c1N. The number of hydrogen-bond acceptors (Lipinski definition) is 3. The van der Waals surface area contributed by atoms with Crippen LogP contribution in [0.3, 0.4) is 0 Å². The van der Waals surface area contributed by atoms with Crippen LogP contribution >= 0.6 is 0 Å². The van der Waals surface area contributed by atoms with Crippen LogP contribution < -0.4 is 5.73 Å². The molecule has 5 nitrogen and oxygen atoms in total. The zero-order chi connectivity index (χ0) is 12.8. The van der Waals surface area contributed by atoms with Gasteiger partial charge in [0.15, 0.2) is 5.69 Å². The molecule has 5 heteroatoms. The first-order valence-electron chi connectivity index (χ1n) is 6.19. The minimum Gasteiger partial charge on any atom is -0.395 e. The van der Waals surface area contributed by atoms with Gasteiger partial charge in [-0.2, -0.15) is 5.10 Å². The standard InChI is InChI=1S/C12H22N4O/c1-4-6-7-8-16(3)12(17)11-10(13)9(5-2)14-15-11/h4-8,13H2,1-3H3,(H,14,15). The molecule has 0 fully saturated rings. The number of nitrogens with two attached hydrogens (primary N) is 1. The van der Waals surface area contributed by atoms with Crippen molar-refractivity contribution in [2.75, 3.05) is 19.3 Å². The van der Waals surface area contributed by atoms with Gasteiger partial charge in [-0.25, -0.2) is 0 Å². The van der Waals surface area contributed by atoms with E-state index >= 15 is 0 Å². The zero-order valence-corrected chi connectivity index (χ0v) is 10.9. The molecule has 0 radical (unpaired) electrons. The van der Waals surface area contributed by atoms with Crippen molar-refractivity contribution in [3.05, 3.63) is 11.4 Å². The van der Waals surface area contributed by atoms with E-state index in [1.165, 1.54) is 0 Å². The quantitative estimate of drug-likeness (QED) is 0.742. The van der Waals surface area contributed by atoms with Crippen molar-refractivity contribution in [2.45, 2.75) is 39.5 Å². The monoisotopic (exact) mass is 238 g/mol. The average Bonchev–Trinajstić information content (AvgIpc) is 2.69. The Morgan fingerprint density at radius 1 is 1.41 bits per heavy atom. The Morgan fingerprint density at radius 3 is 2.65 bits per heavy atom. The Morgan fingerprint density at radius 2 is 2.12 bits per heavy atom. The second kappa shape index (κ2) is 6.27. The van der Waals surface area contributed by atoms with Crippen LogP contribution in [0.25, 0.3) is 0 Å². The first kappa shape index (κ1) is 13.5. The van der Waals surface area contributed by atoms with Gasteiger partial charge < -0.3 is 10.6 Å². The fourth-order valence-corrected chi connectivity index (χ4v) is 1.70. The summed E-state index contributed by atoms with van der Waals surface area (Å²) in [4.78, 5) is 13.7. The molecule has 0 unspecified atom stereocenters. The van der Waals surface area contributed by atoms with E-state index in [2.05, 4.69) is 17.1 Å². The number of aromatic nitrogens is 2. The number of nitrogens with zero attached hydrogens (tertiary/aromatic N) is 2. The van der Waals surface area contributed by atoms with E-state index in [1.807, 2.05) is 6.92 Å². The molecule has 0 aliphatic heterocycles. The summed E-state index contributed by atoms with van der Waals surface area (Å²) >= 11 is 0. The number of hydrogen-bond donors (Lipinski definition) is 2. The number of H-pyrrole nitrogens is 1. The molecule has 1 heterocycles. The summed E-state index contributed by atoms with van der Waals surface area (Å²) in [5, 5.41) is 6.80. The van der Waals surface area contributed by atoms with Gasteiger partial charge in [-0.3, -0.25) is 9.89 Å². The highest BCUT2D eigenvalue weighted by molar-refractivity contribution is 5.97. The summed E-state index contributed by atoms with van der Waals surface area (Å²) in [6, 6.07) is 0. The molecule has 0 aliphatic carbocycles. The van der Waals surface area contributed by atoms with Crippen molar-refractivity contribution in [1.29, 1.82) is 0 Å². The van der Waals surface area contributed by atoms with Gasteiger partial charge in [-0.15, -0.1) is 0 Å². The number of carbonyl (C=O) groups excluding carboxylic acids is 1. The van der Waals surface area contributed by atoms with Crippen LogP contribution in [0.4, 0.5) is 5.69 Å². The number of unbranched alkanes of at least 4 members (excludes halogenated alkanes) is 2. The van der Waals surface area contributed by atoms with E-state index < -0.39 is 0 Å². The van der Waals surface area contributed by atoms with E-state index in [-0.39, 0.29) is 5.91 Å². The maximum absolute atomic E-state index is 12.1. The summed E-state index contributed by atoms with van der Waals surface area (Å²) < 4.78 is 0. The van der Waals surface area contributed by atoms with E-state index in [0.717, 1.165) is 37.9 Å². The van der Waals surface area contributed by atoms with Crippen molar-refractivity contribution in [3.8, 4) is 0 Å². The fourth-order valence-electron chi connectivity index (χ4n) is 1.70. The highest BCUT2D eigenvalue weighted by Gasteiger charge is 2.19. The van der Waals surface area contributed by atoms with Crippen LogP contribution in [-0.4, -0.2) is 34.6 Å². The molecular formula is C12H22N4O. The summed E-state index contributed by atoms with van der Waals surface area (Å²) in [6.45, 7) is 4.87. The maximum atomic E-state index is 12.1. The topological polar surface area (TPSA) is 75.0 Å². The Hall–Kier alpha value is -1.52. The summed E-state index contributed by atoms with van der Waals surface area (Å²) in [7, 11) is 1.79. The van der Waals surface area contributed by atoms with Gasteiger partial charge in [0.05, 0.1) is 11.4 Å². The molecule has 1 rings (SSSR count). The fraction of sp³-hybridized carbons (Fsp3) is 0.667. The largest absolute Gasteiger partial charge is 0.395 e. The van der Waals surface area contributed by atoms with Gasteiger partial charge in [-0.05, 0) is 12.8 Å². The Kier molecular flexibility index (Phi) is 5.00. The van der Waals surface area contributed by atoms with E-state index in [0.29, 0.717) is 11.4 Å².